The smallest absolute Gasteiger partial charge is 0.221 e. The van der Waals surface area contributed by atoms with Crippen molar-refractivity contribution in [1.29, 1.82) is 0 Å². The molecule has 2 rings (SSSR count). The van der Waals surface area contributed by atoms with Crippen molar-refractivity contribution in [2.75, 3.05) is 5.73 Å². The summed E-state index contributed by atoms with van der Waals surface area (Å²) in [4.78, 5) is 4.04. The normalized spacial score (nSPS) is 11.1. The molecule has 0 saturated heterocycles. The molecular formula is C11H11ClN4. The van der Waals surface area contributed by atoms with E-state index in [0.29, 0.717) is 11.0 Å². The lowest BCUT2D eigenvalue weighted by Crippen LogP contribution is -1.97. The molecule has 2 N–H and O–H groups in total. The molecule has 0 bridgehead atoms. The molecule has 2 aromatic rings. The van der Waals surface area contributed by atoms with Crippen molar-refractivity contribution in [3.05, 3.63) is 46.7 Å². The fraction of sp³-hybridized carbons (Fsp3) is 0.0909. The molecule has 0 unspecified atom stereocenters. The van der Waals surface area contributed by atoms with Crippen LogP contribution in [-0.4, -0.2) is 15.9 Å². The minimum atomic E-state index is 0.362. The van der Waals surface area contributed by atoms with Crippen LogP contribution in [0.25, 0.3) is 0 Å². The van der Waals surface area contributed by atoms with Gasteiger partial charge in [-0.1, -0.05) is 29.8 Å². The fourth-order valence-electron chi connectivity index (χ4n) is 1.30. The first-order valence-electron chi connectivity index (χ1n) is 4.77. The van der Waals surface area contributed by atoms with Gasteiger partial charge in [0, 0.05) is 10.6 Å². The van der Waals surface area contributed by atoms with Gasteiger partial charge in [-0.25, -0.2) is 9.66 Å². The van der Waals surface area contributed by atoms with Crippen LogP contribution in [0.2, 0.25) is 5.02 Å². The first-order chi connectivity index (χ1) is 7.66. The summed E-state index contributed by atoms with van der Waals surface area (Å²) in [5.74, 6) is 0.362. The third-order valence-electron chi connectivity index (χ3n) is 2.06. The molecule has 1 aromatic heterocycles. The van der Waals surface area contributed by atoms with Crippen molar-refractivity contribution in [3.8, 4) is 0 Å². The second-order valence-corrected chi connectivity index (χ2v) is 3.76. The molecule has 0 aliphatic rings. The van der Waals surface area contributed by atoms with Gasteiger partial charge >= 0.3 is 0 Å². The number of nitrogens with two attached hydrogens (primary N) is 1. The van der Waals surface area contributed by atoms with Crippen molar-refractivity contribution in [3.63, 3.8) is 0 Å². The molecule has 0 amide bonds. The first-order valence-corrected chi connectivity index (χ1v) is 5.15. The topological polar surface area (TPSA) is 56.2 Å². The minimum Gasteiger partial charge on any atom is -0.368 e. The lowest BCUT2D eigenvalue weighted by molar-refractivity contribution is 0.897. The molecule has 4 nitrogen and oxygen atoms in total. The molecular weight excluding hydrogens is 224 g/mol. The molecule has 0 atom stereocenters. The number of nitrogens with zero attached hydrogens (tertiary/aromatic N) is 3. The molecule has 0 aliphatic carbocycles. The van der Waals surface area contributed by atoms with Crippen LogP contribution in [0.15, 0.2) is 35.6 Å². The number of aryl methyl sites for hydroxylation is 1. The lowest BCUT2D eigenvalue weighted by Gasteiger charge is -1.97. The highest BCUT2D eigenvalue weighted by atomic mass is 35.5. The van der Waals surface area contributed by atoms with Gasteiger partial charge in [-0.05, 0) is 13.0 Å². The summed E-state index contributed by atoms with van der Waals surface area (Å²) in [5, 5.41) is 4.83. The first kappa shape index (κ1) is 10.7. The van der Waals surface area contributed by atoms with Crippen LogP contribution in [0, 0.1) is 6.92 Å². The van der Waals surface area contributed by atoms with Crippen LogP contribution < -0.4 is 5.73 Å². The molecule has 1 aromatic carbocycles. The van der Waals surface area contributed by atoms with Gasteiger partial charge in [0.25, 0.3) is 0 Å². The highest BCUT2D eigenvalue weighted by molar-refractivity contribution is 6.33. The molecule has 0 radical (unpaired) electrons. The molecule has 16 heavy (non-hydrogen) atoms. The second-order valence-electron chi connectivity index (χ2n) is 3.35. The van der Waals surface area contributed by atoms with E-state index >= 15 is 0 Å². The highest BCUT2D eigenvalue weighted by Crippen LogP contribution is 2.12. The van der Waals surface area contributed by atoms with Crippen LogP contribution >= 0.6 is 11.6 Å². The van der Waals surface area contributed by atoms with E-state index in [1.807, 2.05) is 31.2 Å². The number of hydrogen-bond acceptors (Lipinski definition) is 3. The monoisotopic (exact) mass is 234 g/mol. The summed E-state index contributed by atoms with van der Waals surface area (Å²) in [6, 6.07) is 7.46. The number of halogens is 1. The van der Waals surface area contributed by atoms with E-state index in [1.165, 1.54) is 4.68 Å². The van der Waals surface area contributed by atoms with E-state index in [-0.39, 0.29) is 0 Å². The minimum absolute atomic E-state index is 0.362. The molecule has 0 saturated carbocycles. The van der Waals surface area contributed by atoms with Crippen molar-refractivity contribution >= 4 is 23.8 Å². The van der Waals surface area contributed by atoms with E-state index < -0.39 is 0 Å². The lowest BCUT2D eigenvalue weighted by atomic mass is 10.2. The fourth-order valence-corrected chi connectivity index (χ4v) is 1.49. The Bertz CT molecular complexity index is 531. The van der Waals surface area contributed by atoms with Crippen LogP contribution in [0.3, 0.4) is 0 Å². The summed E-state index contributed by atoms with van der Waals surface area (Å²) in [7, 11) is 0. The summed E-state index contributed by atoms with van der Waals surface area (Å²) in [5.41, 5.74) is 7.32. The molecule has 0 aliphatic heterocycles. The van der Waals surface area contributed by atoms with E-state index in [9.17, 15) is 0 Å². The van der Waals surface area contributed by atoms with Crippen LogP contribution in [0.4, 0.5) is 5.95 Å². The number of rotatable bonds is 2. The Kier molecular flexibility index (Phi) is 2.92. The van der Waals surface area contributed by atoms with Crippen molar-refractivity contribution in [1.82, 2.24) is 9.66 Å². The van der Waals surface area contributed by atoms with E-state index in [0.717, 1.165) is 11.3 Å². The maximum atomic E-state index is 5.99. The molecule has 0 spiro atoms. The molecule has 0 fully saturated rings. The Hall–Kier alpha value is -1.81. The maximum absolute atomic E-state index is 5.99. The zero-order valence-electron chi connectivity index (χ0n) is 8.76. The molecule has 1 heterocycles. The van der Waals surface area contributed by atoms with Gasteiger partial charge in [-0.2, -0.15) is 5.10 Å². The third-order valence-corrected chi connectivity index (χ3v) is 2.41. The summed E-state index contributed by atoms with van der Waals surface area (Å²) in [6.45, 7) is 1.86. The Balaban J connectivity index is 2.28. The zero-order chi connectivity index (χ0) is 11.5. The Morgan fingerprint density at radius 3 is 2.81 bits per heavy atom. The van der Waals surface area contributed by atoms with E-state index in [4.69, 9.17) is 17.3 Å². The van der Waals surface area contributed by atoms with Crippen molar-refractivity contribution in [2.45, 2.75) is 6.92 Å². The van der Waals surface area contributed by atoms with Gasteiger partial charge < -0.3 is 5.73 Å². The molecule has 5 heteroatoms. The van der Waals surface area contributed by atoms with Crippen LogP contribution in [0.5, 0.6) is 0 Å². The largest absolute Gasteiger partial charge is 0.368 e. The Morgan fingerprint density at radius 2 is 2.19 bits per heavy atom. The molecule has 82 valence electrons. The van der Waals surface area contributed by atoms with Gasteiger partial charge in [0.2, 0.25) is 5.95 Å². The number of imidazole rings is 1. The van der Waals surface area contributed by atoms with Crippen molar-refractivity contribution < 1.29 is 0 Å². The zero-order valence-corrected chi connectivity index (χ0v) is 9.52. The van der Waals surface area contributed by atoms with Gasteiger partial charge in [-0.15, -0.1) is 0 Å². The number of aromatic nitrogens is 2. The quantitative estimate of drug-likeness (QED) is 0.811. The predicted octanol–water partition coefficient (Wildman–Crippen LogP) is 2.31. The summed E-state index contributed by atoms with van der Waals surface area (Å²) in [6.07, 6.45) is 3.41. The third kappa shape index (κ3) is 2.23. The van der Waals surface area contributed by atoms with Gasteiger partial charge in [0.05, 0.1) is 18.1 Å². The van der Waals surface area contributed by atoms with Crippen LogP contribution in [-0.2, 0) is 0 Å². The summed E-state index contributed by atoms with van der Waals surface area (Å²) >= 11 is 5.99. The second kappa shape index (κ2) is 4.37. The van der Waals surface area contributed by atoms with Gasteiger partial charge in [-0.3, -0.25) is 0 Å². The number of nitrogen functional groups attached to an aromatic ring is 1. The standard InChI is InChI=1S/C11H11ClN4/c1-8-7-16(11(13)15-8)14-6-9-4-2-3-5-10(9)12/h2-7H,1H3,(H2,13,15). The average molecular weight is 235 g/mol. The number of hydrogen-bond donors (Lipinski definition) is 1. The SMILES string of the molecule is Cc1cn(N=Cc2ccccc2Cl)c(N)n1. The average Bonchev–Trinajstić information content (AvgIpc) is 2.56. The van der Waals surface area contributed by atoms with Gasteiger partial charge in [0.15, 0.2) is 0 Å². The highest BCUT2D eigenvalue weighted by Gasteiger charge is 1.99. The number of anilines is 1. The van der Waals surface area contributed by atoms with Gasteiger partial charge in [0.1, 0.15) is 0 Å². The van der Waals surface area contributed by atoms with E-state index in [2.05, 4.69) is 10.1 Å². The van der Waals surface area contributed by atoms with E-state index in [1.54, 1.807) is 12.4 Å². The predicted molar refractivity (Wildman–Crippen MR) is 65.8 cm³/mol. The number of benzene rings is 1. The Labute approximate surface area is 98.4 Å². The summed E-state index contributed by atoms with van der Waals surface area (Å²) < 4.78 is 1.51. The van der Waals surface area contributed by atoms with Crippen molar-refractivity contribution in [2.24, 2.45) is 5.10 Å². The Morgan fingerprint density at radius 1 is 1.44 bits per heavy atom. The van der Waals surface area contributed by atoms with Crippen LogP contribution in [0.1, 0.15) is 11.3 Å². The maximum Gasteiger partial charge on any atom is 0.221 e.